The second-order valence-electron chi connectivity index (χ2n) is 6.10. The van der Waals surface area contributed by atoms with Crippen LogP contribution in [0.25, 0.3) is 0 Å². The standard InChI is InChI=1S/C15H18F3NO2/c16-15(17,18)11-3-1-10(2-4-11)5-14(20)6-12-8-21-9-13(7-14)19-12/h1-4,12-13,19-20H,5-9H2. The van der Waals surface area contributed by atoms with Crippen LogP contribution in [0.15, 0.2) is 24.3 Å². The van der Waals surface area contributed by atoms with Crippen LogP contribution in [0.5, 0.6) is 0 Å². The minimum Gasteiger partial charge on any atom is -0.389 e. The number of halogens is 3. The maximum absolute atomic E-state index is 12.5. The van der Waals surface area contributed by atoms with Gasteiger partial charge >= 0.3 is 6.18 Å². The Bertz CT molecular complexity index is 489. The first-order valence-corrected chi connectivity index (χ1v) is 7.06. The molecule has 0 saturated carbocycles. The number of hydrogen-bond donors (Lipinski definition) is 2. The molecule has 2 N–H and O–H groups in total. The first-order valence-electron chi connectivity index (χ1n) is 7.06. The third-order valence-corrected chi connectivity index (χ3v) is 4.18. The molecule has 3 nitrogen and oxygen atoms in total. The zero-order valence-electron chi connectivity index (χ0n) is 11.5. The molecule has 2 unspecified atom stereocenters. The van der Waals surface area contributed by atoms with E-state index >= 15 is 0 Å². The van der Waals surface area contributed by atoms with Crippen LogP contribution in [0, 0.1) is 0 Å². The van der Waals surface area contributed by atoms with E-state index in [4.69, 9.17) is 4.74 Å². The van der Waals surface area contributed by atoms with E-state index < -0.39 is 17.3 Å². The quantitative estimate of drug-likeness (QED) is 0.879. The van der Waals surface area contributed by atoms with Crippen molar-refractivity contribution in [3.05, 3.63) is 35.4 Å². The van der Waals surface area contributed by atoms with Crippen molar-refractivity contribution in [1.82, 2.24) is 5.32 Å². The molecule has 116 valence electrons. The maximum atomic E-state index is 12.5. The molecule has 3 rings (SSSR count). The summed E-state index contributed by atoms with van der Waals surface area (Å²) in [5.74, 6) is 0. The van der Waals surface area contributed by atoms with E-state index in [-0.39, 0.29) is 12.1 Å². The number of fused-ring (bicyclic) bond motifs is 2. The molecule has 2 aliphatic rings. The number of aliphatic hydroxyl groups is 1. The van der Waals surface area contributed by atoms with Crippen LogP contribution < -0.4 is 5.32 Å². The Labute approximate surface area is 121 Å². The Hall–Kier alpha value is -1.11. The van der Waals surface area contributed by atoms with Crippen molar-refractivity contribution in [1.29, 1.82) is 0 Å². The van der Waals surface area contributed by atoms with Crippen LogP contribution >= 0.6 is 0 Å². The molecular weight excluding hydrogens is 283 g/mol. The van der Waals surface area contributed by atoms with Gasteiger partial charge in [0.25, 0.3) is 0 Å². The van der Waals surface area contributed by atoms with E-state index in [2.05, 4.69) is 5.32 Å². The number of nitrogens with one attached hydrogen (secondary N) is 1. The van der Waals surface area contributed by atoms with E-state index in [0.717, 1.165) is 17.7 Å². The van der Waals surface area contributed by atoms with Gasteiger partial charge < -0.3 is 15.2 Å². The number of ether oxygens (including phenoxy) is 1. The fourth-order valence-corrected chi connectivity index (χ4v) is 3.35. The summed E-state index contributed by atoms with van der Waals surface area (Å²) in [6.45, 7) is 1.15. The molecule has 0 aromatic heterocycles. The molecule has 21 heavy (non-hydrogen) atoms. The molecule has 2 fully saturated rings. The highest BCUT2D eigenvalue weighted by Gasteiger charge is 2.41. The van der Waals surface area contributed by atoms with Gasteiger partial charge in [-0.25, -0.2) is 0 Å². The maximum Gasteiger partial charge on any atom is 0.416 e. The van der Waals surface area contributed by atoms with Gasteiger partial charge in [0.15, 0.2) is 0 Å². The Kier molecular flexibility index (Phi) is 3.71. The Morgan fingerprint density at radius 3 is 2.24 bits per heavy atom. The van der Waals surface area contributed by atoms with E-state index in [1.54, 1.807) is 0 Å². The van der Waals surface area contributed by atoms with E-state index in [0.29, 0.717) is 32.5 Å². The van der Waals surface area contributed by atoms with Gasteiger partial charge in [0, 0.05) is 18.5 Å². The largest absolute Gasteiger partial charge is 0.416 e. The van der Waals surface area contributed by atoms with Crippen LogP contribution in [0.3, 0.4) is 0 Å². The molecule has 2 aliphatic heterocycles. The third kappa shape index (κ3) is 3.39. The predicted octanol–water partition coefficient (Wildman–Crippen LogP) is 2.13. The van der Waals surface area contributed by atoms with Crippen molar-refractivity contribution in [3.8, 4) is 0 Å². The van der Waals surface area contributed by atoms with Gasteiger partial charge in [0.05, 0.1) is 24.4 Å². The third-order valence-electron chi connectivity index (χ3n) is 4.18. The highest BCUT2D eigenvalue weighted by atomic mass is 19.4. The molecule has 6 heteroatoms. The highest BCUT2D eigenvalue weighted by Crippen LogP contribution is 2.33. The van der Waals surface area contributed by atoms with Crippen molar-refractivity contribution < 1.29 is 23.0 Å². The van der Waals surface area contributed by atoms with Crippen molar-refractivity contribution >= 4 is 0 Å². The van der Waals surface area contributed by atoms with Gasteiger partial charge in [0.1, 0.15) is 0 Å². The van der Waals surface area contributed by atoms with Crippen molar-refractivity contribution in [3.63, 3.8) is 0 Å². The summed E-state index contributed by atoms with van der Waals surface area (Å²) in [5, 5.41) is 14.1. The van der Waals surface area contributed by atoms with Gasteiger partial charge in [-0.05, 0) is 30.5 Å². The molecule has 1 aromatic rings. The lowest BCUT2D eigenvalue weighted by Crippen LogP contribution is -2.60. The lowest BCUT2D eigenvalue weighted by Gasteiger charge is -2.45. The molecule has 0 spiro atoms. The zero-order chi connectivity index (χ0) is 15.1. The van der Waals surface area contributed by atoms with E-state index in [1.807, 2.05) is 0 Å². The Balaban J connectivity index is 1.71. The van der Waals surface area contributed by atoms with Crippen molar-refractivity contribution in [2.75, 3.05) is 13.2 Å². The summed E-state index contributed by atoms with van der Waals surface area (Å²) < 4.78 is 43.0. The summed E-state index contributed by atoms with van der Waals surface area (Å²) in [7, 11) is 0. The molecule has 2 heterocycles. The van der Waals surface area contributed by atoms with Crippen molar-refractivity contribution in [2.24, 2.45) is 0 Å². The number of alkyl halides is 3. The average molecular weight is 301 g/mol. The molecule has 0 amide bonds. The average Bonchev–Trinajstić information content (AvgIpc) is 2.37. The number of morpholine rings is 1. The summed E-state index contributed by atoms with van der Waals surface area (Å²) in [4.78, 5) is 0. The van der Waals surface area contributed by atoms with Gasteiger partial charge in [-0.1, -0.05) is 12.1 Å². The highest BCUT2D eigenvalue weighted by molar-refractivity contribution is 5.26. The summed E-state index contributed by atoms with van der Waals surface area (Å²) in [6.07, 6.45) is -2.83. The lowest BCUT2D eigenvalue weighted by molar-refractivity contribution is -0.137. The molecule has 0 radical (unpaired) electrons. The van der Waals surface area contributed by atoms with Crippen LogP contribution in [-0.2, 0) is 17.3 Å². The lowest BCUT2D eigenvalue weighted by atomic mass is 9.79. The predicted molar refractivity (Wildman–Crippen MR) is 70.9 cm³/mol. The second-order valence-corrected chi connectivity index (χ2v) is 6.10. The summed E-state index contributed by atoms with van der Waals surface area (Å²) >= 11 is 0. The SMILES string of the molecule is OC1(Cc2ccc(C(F)(F)F)cc2)CC2COCC(C1)N2. The minimum absolute atomic E-state index is 0.122. The summed E-state index contributed by atoms with van der Waals surface area (Å²) in [5.41, 5.74) is -0.801. The van der Waals surface area contributed by atoms with Crippen LogP contribution in [0.2, 0.25) is 0 Å². The Morgan fingerprint density at radius 2 is 1.71 bits per heavy atom. The van der Waals surface area contributed by atoms with Crippen LogP contribution in [0.1, 0.15) is 24.0 Å². The normalized spacial score (nSPS) is 33.0. The first kappa shape index (κ1) is 14.8. The number of benzene rings is 1. The number of piperidine rings is 1. The smallest absolute Gasteiger partial charge is 0.389 e. The molecule has 2 saturated heterocycles. The minimum atomic E-state index is -4.32. The zero-order valence-corrected chi connectivity index (χ0v) is 11.5. The number of rotatable bonds is 2. The van der Waals surface area contributed by atoms with E-state index in [1.165, 1.54) is 12.1 Å². The first-order chi connectivity index (χ1) is 9.84. The molecular formula is C15H18F3NO2. The molecule has 2 atom stereocenters. The van der Waals surface area contributed by atoms with Gasteiger partial charge in [-0.3, -0.25) is 0 Å². The fourth-order valence-electron chi connectivity index (χ4n) is 3.35. The topological polar surface area (TPSA) is 41.5 Å². The number of hydrogen-bond acceptors (Lipinski definition) is 3. The van der Waals surface area contributed by atoms with Gasteiger partial charge in [0.2, 0.25) is 0 Å². The monoisotopic (exact) mass is 301 g/mol. The van der Waals surface area contributed by atoms with Crippen LogP contribution in [-0.4, -0.2) is 36.0 Å². The second kappa shape index (κ2) is 5.26. The molecule has 1 aromatic carbocycles. The fraction of sp³-hybridized carbons (Fsp3) is 0.600. The van der Waals surface area contributed by atoms with Gasteiger partial charge in [-0.2, -0.15) is 13.2 Å². The van der Waals surface area contributed by atoms with Crippen molar-refractivity contribution in [2.45, 2.75) is 43.1 Å². The molecule has 2 bridgehead atoms. The Morgan fingerprint density at radius 1 is 1.14 bits per heavy atom. The van der Waals surface area contributed by atoms with E-state index in [9.17, 15) is 18.3 Å². The van der Waals surface area contributed by atoms with Gasteiger partial charge in [-0.15, -0.1) is 0 Å². The molecule has 0 aliphatic carbocycles. The van der Waals surface area contributed by atoms with Crippen LogP contribution in [0.4, 0.5) is 13.2 Å². The summed E-state index contributed by atoms with van der Waals surface area (Å²) in [6, 6.07) is 5.30.